The van der Waals surface area contributed by atoms with E-state index in [2.05, 4.69) is 15.1 Å². The molecule has 0 saturated carbocycles. The van der Waals surface area contributed by atoms with Gasteiger partial charge < -0.3 is 15.3 Å². The van der Waals surface area contributed by atoms with Crippen LogP contribution in [0.25, 0.3) is 5.53 Å². The molecule has 1 rings (SSSR count). The van der Waals surface area contributed by atoms with Gasteiger partial charge in [-0.15, -0.1) is 11.3 Å². The van der Waals surface area contributed by atoms with Crippen molar-refractivity contribution in [3.05, 3.63) is 16.6 Å². The Bertz CT molecular complexity index is 516. The monoisotopic (exact) mass is 284 g/mol. The number of nitrogens with one attached hydrogen (secondary N) is 1. The van der Waals surface area contributed by atoms with E-state index >= 15 is 0 Å². The number of nitrogens with zero attached hydrogens (tertiary/aromatic N) is 3. The minimum atomic E-state index is -2.08. The summed E-state index contributed by atoms with van der Waals surface area (Å²) in [6.45, 7) is 5.50. The quantitative estimate of drug-likeness (QED) is 0.287. The van der Waals surface area contributed by atoms with E-state index < -0.39 is 14.3 Å². The van der Waals surface area contributed by atoms with Crippen LogP contribution < -0.4 is 5.32 Å². The van der Waals surface area contributed by atoms with Crippen molar-refractivity contribution in [3.63, 3.8) is 0 Å². The van der Waals surface area contributed by atoms with Gasteiger partial charge in [0.15, 0.2) is 10.8 Å². The molecule has 1 amide bonds. The number of carbonyl (C=O) groups excluding carboxylic acids is 2. The molecule has 18 heavy (non-hydrogen) atoms. The number of thiazole rings is 1. The van der Waals surface area contributed by atoms with E-state index in [9.17, 15) is 9.59 Å². The molecule has 0 aliphatic carbocycles. The van der Waals surface area contributed by atoms with Crippen LogP contribution in [0.1, 0.15) is 5.69 Å². The lowest BCUT2D eigenvalue weighted by atomic mass is 10.3. The zero-order valence-electron chi connectivity index (χ0n) is 10.1. The topological polar surface area (TPSA) is 105 Å². The highest BCUT2D eigenvalue weighted by atomic mass is 32.1. The SMILES string of the molecule is C[Si](C)(C)OC(=O)C(=[N+]=[N-])c1csc(NC=O)n1. The minimum Gasteiger partial charge on any atom is -0.511 e. The van der Waals surface area contributed by atoms with Gasteiger partial charge in [0, 0.05) is 5.38 Å². The fourth-order valence-electron chi connectivity index (χ4n) is 1.02. The van der Waals surface area contributed by atoms with E-state index in [0.717, 1.165) is 11.3 Å². The van der Waals surface area contributed by atoms with Gasteiger partial charge in [-0.2, -0.15) is 4.79 Å². The Hall–Kier alpha value is -1.83. The Morgan fingerprint density at radius 3 is 2.78 bits per heavy atom. The van der Waals surface area contributed by atoms with E-state index in [4.69, 9.17) is 9.96 Å². The average Bonchev–Trinajstić information content (AvgIpc) is 2.65. The fraction of sp³-hybridized carbons (Fsp3) is 0.333. The number of rotatable bonds is 5. The van der Waals surface area contributed by atoms with E-state index in [0.29, 0.717) is 11.5 Å². The van der Waals surface area contributed by atoms with Crippen LogP contribution in [0.4, 0.5) is 5.13 Å². The van der Waals surface area contributed by atoms with Crippen LogP contribution in [0.15, 0.2) is 5.38 Å². The van der Waals surface area contributed by atoms with Crippen LogP contribution in [0, 0.1) is 0 Å². The van der Waals surface area contributed by atoms with Crippen LogP contribution in [0.5, 0.6) is 0 Å². The maximum absolute atomic E-state index is 11.8. The predicted octanol–water partition coefficient (Wildman–Crippen LogP) is 1.11. The van der Waals surface area contributed by atoms with E-state index in [1.807, 2.05) is 19.6 Å². The van der Waals surface area contributed by atoms with Crippen molar-refractivity contribution < 1.29 is 18.8 Å². The highest BCUT2D eigenvalue weighted by Gasteiger charge is 2.32. The van der Waals surface area contributed by atoms with Crippen molar-refractivity contribution in [3.8, 4) is 0 Å². The molecule has 0 aromatic carbocycles. The summed E-state index contributed by atoms with van der Waals surface area (Å²) >= 11 is 1.11. The smallest absolute Gasteiger partial charge is 0.424 e. The van der Waals surface area contributed by atoms with Crippen LogP contribution in [0.3, 0.4) is 0 Å². The van der Waals surface area contributed by atoms with Gasteiger partial charge in [0.1, 0.15) is 0 Å². The van der Waals surface area contributed by atoms with E-state index in [1.165, 1.54) is 5.38 Å². The molecule has 0 bridgehead atoms. The summed E-state index contributed by atoms with van der Waals surface area (Å²) in [6, 6.07) is 0. The minimum absolute atomic E-state index is 0.162. The third kappa shape index (κ3) is 3.88. The van der Waals surface area contributed by atoms with Gasteiger partial charge in [0.25, 0.3) is 0 Å². The molecule has 7 nitrogen and oxygen atoms in total. The number of amides is 1. The third-order valence-electron chi connectivity index (χ3n) is 1.62. The molecule has 1 aromatic heterocycles. The second kappa shape index (κ2) is 5.67. The first-order valence-corrected chi connectivity index (χ1v) is 9.27. The lowest BCUT2D eigenvalue weighted by Crippen LogP contribution is -2.34. The molecule has 0 aliphatic heterocycles. The van der Waals surface area contributed by atoms with Crippen molar-refractivity contribution in [1.29, 1.82) is 0 Å². The summed E-state index contributed by atoms with van der Waals surface area (Å²) in [5, 5.41) is 4.14. The molecule has 0 fully saturated rings. The van der Waals surface area contributed by atoms with Crippen LogP contribution in [-0.4, -0.2) is 36.2 Å². The standard InChI is InChI=1S/C9H12N4O3SSi/c1-18(2,3)16-8(15)7(13-10)6-4-17-9(12-6)11-5-14/h4-5H,1-3H3,(H,11,12,14). The molecule has 0 spiro atoms. The normalized spacial score (nSPS) is 10.4. The Labute approximate surface area is 109 Å². The highest BCUT2D eigenvalue weighted by Crippen LogP contribution is 2.15. The lowest BCUT2D eigenvalue weighted by Gasteiger charge is -2.14. The van der Waals surface area contributed by atoms with Gasteiger partial charge in [-0.05, 0) is 19.6 Å². The van der Waals surface area contributed by atoms with Crippen molar-refractivity contribution in [2.24, 2.45) is 0 Å². The predicted molar refractivity (Wildman–Crippen MR) is 69.0 cm³/mol. The van der Waals surface area contributed by atoms with Crippen molar-refractivity contribution in [2.75, 3.05) is 5.32 Å². The first kappa shape index (κ1) is 14.2. The Balaban J connectivity index is 2.93. The van der Waals surface area contributed by atoms with Crippen LogP contribution >= 0.6 is 11.3 Å². The number of aromatic nitrogens is 1. The molecule has 0 radical (unpaired) electrons. The van der Waals surface area contributed by atoms with Gasteiger partial charge in [0.2, 0.25) is 14.7 Å². The van der Waals surface area contributed by atoms with E-state index in [-0.39, 0.29) is 11.4 Å². The van der Waals surface area contributed by atoms with Crippen LogP contribution in [-0.2, 0) is 14.0 Å². The number of anilines is 1. The molecule has 1 aromatic rings. The van der Waals surface area contributed by atoms with Gasteiger partial charge in [-0.3, -0.25) is 4.79 Å². The summed E-state index contributed by atoms with van der Waals surface area (Å²) in [4.78, 5) is 28.8. The number of hydrogen-bond acceptors (Lipinski definition) is 5. The maximum atomic E-state index is 11.8. The molecule has 0 saturated heterocycles. The summed E-state index contributed by atoms with van der Waals surface area (Å²) in [7, 11) is -2.08. The summed E-state index contributed by atoms with van der Waals surface area (Å²) in [5.74, 6) is -0.723. The van der Waals surface area contributed by atoms with E-state index in [1.54, 1.807) is 0 Å². The Morgan fingerprint density at radius 1 is 1.61 bits per heavy atom. The molecule has 96 valence electrons. The molecule has 0 unspecified atom stereocenters. The maximum Gasteiger partial charge on any atom is 0.424 e. The van der Waals surface area contributed by atoms with Gasteiger partial charge >= 0.3 is 11.7 Å². The van der Waals surface area contributed by atoms with Crippen LogP contribution in [0.2, 0.25) is 19.6 Å². The molecular formula is C9H12N4O3SSi. The lowest BCUT2D eigenvalue weighted by molar-refractivity contribution is -0.132. The van der Waals surface area contributed by atoms with Gasteiger partial charge in [-0.1, -0.05) is 0 Å². The van der Waals surface area contributed by atoms with Crippen molar-refractivity contribution in [1.82, 2.24) is 4.98 Å². The summed E-state index contributed by atoms with van der Waals surface area (Å²) in [6.07, 6.45) is 0.471. The third-order valence-corrected chi connectivity index (χ3v) is 3.19. The molecule has 0 aliphatic rings. The Morgan fingerprint density at radius 2 is 2.28 bits per heavy atom. The molecule has 1 N–H and O–H groups in total. The van der Waals surface area contributed by atoms with Gasteiger partial charge in [0.05, 0.1) is 0 Å². The molecule has 9 heteroatoms. The average molecular weight is 284 g/mol. The highest BCUT2D eigenvalue weighted by molar-refractivity contribution is 7.14. The summed E-state index contributed by atoms with van der Waals surface area (Å²) < 4.78 is 5.20. The zero-order chi connectivity index (χ0) is 13.8. The Kier molecular flexibility index (Phi) is 4.48. The molecular weight excluding hydrogens is 272 g/mol. The van der Waals surface area contributed by atoms with Gasteiger partial charge in [-0.25, -0.2) is 9.78 Å². The molecule has 0 atom stereocenters. The molecule has 1 heterocycles. The first-order chi connectivity index (χ1) is 8.37. The largest absolute Gasteiger partial charge is 0.511 e. The number of hydrogen-bond donors (Lipinski definition) is 1. The second-order valence-corrected chi connectivity index (χ2v) is 9.54. The first-order valence-electron chi connectivity index (χ1n) is 4.99. The number of carbonyl (C=O) groups is 2. The zero-order valence-corrected chi connectivity index (χ0v) is 11.9. The second-order valence-electron chi connectivity index (χ2n) is 4.25. The fourth-order valence-corrected chi connectivity index (χ4v) is 2.33. The van der Waals surface area contributed by atoms with Crippen molar-refractivity contribution in [2.45, 2.75) is 19.6 Å². The summed E-state index contributed by atoms with van der Waals surface area (Å²) in [5.41, 5.74) is 8.75. The van der Waals surface area contributed by atoms with Crippen molar-refractivity contribution >= 4 is 42.9 Å².